The summed E-state index contributed by atoms with van der Waals surface area (Å²) in [4.78, 5) is 14.2. The molecule has 0 saturated heterocycles. The van der Waals surface area contributed by atoms with Gasteiger partial charge in [0.25, 0.3) is 5.91 Å². The molecule has 1 amide bonds. The first-order chi connectivity index (χ1) is 9.36. The molecule has 0 fully saturated rings. The van der Waals surface area contributed by atoms with Gasteiger partial charge in [0.1, 0.15) is 0 Å². The van der Waals surface area contributed by atoms with Crippen molar-refractivity contribution in [3.8, 4) is 0 Å². The average molecular weight is 277 g/mol. The maximum atomic E-state index is 12.6. The quantitative estimate of drug-likeness (QED) is 0.866. The normalized spacial score (nSPS) is 23.3. The number of para-hydroxylation sites is 1. The fourth-order valence-electron chi connectivity index (χ4n) is 2.74. The number of hydrogen-bond acceptors (Lipinski definition) is 3. The highest BCUT2D eigenvalue weighted by molar-refractivity contribution is 6.06. The van der Waals surface area contributed by atoms with Gasteiger partial charge in [-0.25, -0.2) is 0 Å². The van der Waals surface area contributed by atoms with Crippen molar-refractivity contribution in [3.63, 3.8) is 0 Å². The molecule has 1 aromatic carbocycles. The minimum atomic E-state index is -1.60. The van der Waals surface area contributed by atoms with Crippen LogP contribution in [0.5, 0.6) is 0 Å². The Labute approximate surface area is 120 Å². The SMILES string of the molecule is CC(C)CCN1C(=O)C(O)(CC(C)O)c2ccccc21. The molecule has 4 heteroatoms. The van der Waals surface area contributed by atoms with Crippen LogP contribution in [0.1, 0.15) is 39.2 Å². The van der Waals surface area contributed by atoms with Crippen LogP contribution in [-0.2, 0) is 10.4 Å². The highest BCUT2D eigenvalue weighted by Gasteiger charge is 2.49. The van der Waals surface area contributed by atoms with Gasteiger partial charge in [-0.2, -0.15) is 0 Å². The Balaban J connectivity index is 2.36. The van der Waals surface area contributed by atoms with Crippen LogP contribution in [0.15, 0.2) is 24.3 Å². The molecule has 1 aliphatic heterocycles. The van der Waals surface area contributed by atoms with Gasteiger partial charge in [0.05, 0.1) is 11.8 Å². The van der Waals surface area contributed by atoms with Crippen molar-refractivity contribution >= 4 is 11.6 Å². The highest BCUT2D eigenvalue weighted by Crippen LogP contribution is 2.42. The maximum Gasteiger partial charge on any atom is 0.263 e. The summed E-state index contributed by atoms with van der Waals surface area (Å²) in [6, 6.07) is 7.30. The first kappa shape index (κ1) is 15.0. The van der Waals surface area contributed by atoms with E-state index in [1.54, 1.807) is 17.9 Å². The lowest BCUT2D eigenvalue weighted by Crippen LogP contribution is -2.42. The molecule has 0 bridgehead atoms. The predicted octanol–water partition coefficient (Wildman–Crippen LogP) is 2.04. The number of nitrogens with zero attached hydrogens (tertiary/aromatic N) is 1. The molecule has 0 radical (unpaired) electrons. The molecule has 2 N–H and O–H groups in total. The van der Waals surface area contributed by atoms with Crippen LogP contribution in [0, 0.1) is 5.92 Å². The summed E-state index contributed by atoms with van der Waals surface area (Å²) < 4.78 is 0. The molecule has 2 rings (SSSR count). The van der Waals surface area contributed by atoms with E-state index < -0.39 is 11.7 Å². The van der Waals surface area contributed by atoms with E-state index >= 15 is 0 Å². The summed E-state index contributed by atoms with van der Waals surface area (Å²) in [7, 11) is 0. The summed E-state index contributed by atoms with van der Waals surface area (Å²) in [5.41, 5.74) is -0.224. The van der Waals surface area contributed by atoms with Gasteiger partial charge in [-0.05, 0) is 25.3 Å². The Kier molecular flexibility index (Phi) is 4.16. The van der Waals surface area contributed by atoms with Crippen molar-refractivity contribution in [2.24, 2.45) is 5.92 Å². The van der Waals surface area contributed by atoms with E-state index in [1.165, 1.54) is 0 Å². The second-order valence-electron chi connectivity index (χ2n) is 6.07. The molecular formula is C16H23NO3. The third-order valence-electron chi connectivity index (χ3n) is 3.76. The minimum Gasteiger partial charge on any atom is -0.393 e. The molecule has 1 aromatic rings. The summed E-state index contributed by atoms with van der Waals surface area (Å²) in [6.45, 7) is 6.39. The van der Waals surface area contributed by atoms with E-state index in [0.29, 0.717) is 18.0 Å². The number of aliphatic hydroxyl groups excluding tert-OH is 1. The zero-order chi connectivity index (χ0) is 14.9. The Morgan fingerprint density at radius 1 is 1.25 bits per heavy atom. The van der Waals surface area contributed by atoms with Crippen LogP contribution in [0.2, 0.25) is 0 Å². The zero-order valence-electron chi connectivity index (χ0n) is 12.3. The Hall–Kier alpha value is -1.39. The van der Waals surface area contributed by atoms with Gasteiger partial charge in [-0.1, -0.05) is 32.0 Å². The molecule has 20 heavy (non-hydrogen) atoms. The lowest BCUT2D eigenvalue weighted by molar-refractivity contribution is -0.139. The van der Waals surface area contributed by atoms with Crippen molar-refractivity contribution < 1.29 is 15.0 Å². The van der Waals surface area contributed by atoms with Crippen LogP contribution < -0.4 is 4.90 Å². The third-order valence-corrected chi connectivity index (χ3v) is 3.76. The summed E-state index contributed by atoms with van der Waals surface area (Å²) >= 11 is 0. The number of amides is 1. The Morgan fingerprint density at radius 2 is 1.90 bits per heavy atom. The van der Waals surface area contributed by atoms with E-state index in [1.807, 2.05) is 18.2 Å². The first-order valence-electron chi connectivity index (χ1n) is 7.18. The molecule has 4 nitrogen and oxygen atoms in total. The zero-order valence-corrected chi connectivity index (χ0v) is 12.3. The van der Waals surface area contributed by atoms with Crippen LogP contribution in [0.3, 0.4) is 0 Å². The van der Waals surface area contributed by atoms with Crippen molar-refractivity contribution in [2.75, 3.05) is 11.4 Å². The van der Waals surface area contributed by atoms with Crippen molar-refractivity contribution in [1.29, 1.82) is 0 Å². The lowest BCUT2D eigenvalue weighted by atomic mass is 9.90. The fourth-order valence-corrected chi connectivity index (χ4v) is 2.74. The first-order valence-corrected chi connectivity index (χ1v) is 7.18. The van der Waals surface area contributed by atoms with E-state index in [9.17, 15) is 15.0 Å². The Morgan fingerprint density at radius 3 is 2.50 bits per heavy atom. The van der Waals surface area contributed by atoms with Crippen molar-refractivity contribution in [3.05, 3.63) is 29.8 Å². The van der Waals surface area contributed by atoms with E-state index in [-0.39, 0.29) is 12.3 Å². The van der Waals surface area contributed by atoms with Gasteiger partial charge >= 0.3 is 0 Å². The van der Waals surface area contributed by atoms with Gasteiger partial charge in [-0.15, -0.1) is 0 Å². The monoisotopic (exact) mass is 277 g/mol. The average Bonchev–Trinajstić information content (AvgIpc) is 2.57. The maximum absolute atomic E-state index is 12.6. The van der Waals surface area contributed by atoms with Gasteiger partial charge in [-0.3, -0.25) is 4.79 Å². The molecule has 2 unspecified atom stereocenters. The van der Waals surface area contributed by atoms with Crippen LogP contribution >= 0.6 is 0 Å². The molecule has 0 aliphatic carbocycles. The van der Waals surface area contributed by atoms with E-state index in [0.717, 1.165) is 12.1 Å². The molecule has 1 aliphatic rings. The number of anilines is 1. The smallest absolute Gasteiger partial charge is 0.263 e. The number of benzene rings is 1. The number of aliphatic hydroxyl groups is 2. The van der Waals surface area contributed by atoms with Crippen molar-refractivity contribution in [1.82, 2.24) is 0 Å². The number of fused-ring (bicyclic) bond motifs is 1. The fraction of sp³-hybridized carbons (Fsp3) is 0.562. The largest absolute Gasteiger partial charge is 0.393 e. The van der Waals surface area contributed by atoms with Gasteiger partial charge in [0.2, 0.25) is 0 Å². The molecule has 1 heterocycles. The Bertz CT molecular complexity index is 498. The number of hydrogen-bond donors (Lipinski definition) is 2. The van der Waals surface area contributed by atoms with Crippen LogP contribution in [-0.4, -0.2) is 28.8 Å². The van der Waals surface area contributed by atoms with E-state index in [4.69, 9.17) is 0 Å². The molecule has 0 saturated carbocycles. The standard InChI is InChI=1S/C16H23NO3/c1-11(2)8-9-17-14-7-5-4-6-13(14)16(20,15(17)19)10-12(3)18/h4-7,11-12,18,20H,8-10H2,1-3H3. The third kappa shape index (κ3) is 2.58. The lowest BCUT2D eigenvalue weighted by Gasteiger charge is -2.24. The van der Waals surface area contributed by atoms with Crippen LogP contribution in [0.25, 0.3) is 0 Å². The summed E-state index contributed by atoms with van der Waals surface area (Å²) in [6.07, 6.45) is 0.174. The topological polar surface area (TPSA) is 60.8 Å². The van der Waals surface area contributed by atoms with Crippen LogP contribution in [0.4, 0.5) is 5.69 Å². The minimum absolute atomic E-state index is 0.0288. The summed E-state index contributed by atoms with van der Waals surface area (Å²) in [5, 5.41) is 20.4. The second-order valence-corrected chi connectivity index (χ2v) is 6.07. The number of carbonyl (C=O) groups excluding carboxylic acids is 1. The number of rotatable bonds is 5. The van der Waals surface area contributed by atoms with Gasteiger partial charge in [0.15, 0.2) is 5.60 Å². The van der Waals surface area contributed by atoms with Crippen molar-refractivity contribution in [2.45, 2.75) is 45.3 Å². The number of carbonyl (C=O) groups is 1. The van der Waals surface area contributed by atoms with E-state index in [2.05, 4.69) is 13.8 Å². The highest BCUT2D eigenvalue weighted by atomic mass is 16.3. The summed E-state index contributed by atoms with van der Waals surface area (Å²) in [5.74, 6) is 0.167. The molecular weight excluding hydrogens is 254 g/mol. The predicted molar refractivity (Wildman–Crippen MR) is 78.4 cm³/mol. The van der Waals surface area contributed by atoms with Gasteiger partial charge in [0, 0.05) is 18.5 Å². The molecule has 110 valence electrons. The molecule has 2 atom stereocenters. The second kappa shape index (κ2) is 5.54. The molecule has 0 aromatic heterocycles. The van der Waals surface area contributed by atoms with Gasteiger partial charge < -0.3 is 15.1 Å². The molecule has 0 spiro atoms.